The molecular weight excluding hydrogens is 359 g/mol. The number of aliphatic imine (C=N–C) groups is 1. The van der Waals surface area contributed by atoms with Gasteiger partial charge in [-0.3, -0.25) is 4.57 Å². The summed E-state index contributed by atoms with van der Waals surface area (Å²) in [5, 5.41) is 12.1. The van der Waals surface area contributed by atoms with Gasteiger partial charge in [-0.05, 0) is 24.3 Å². The van der Waals surface area contributed by atoms with Crippen LogP contribution < -0.4 is 10.0 Å². The number of hydrazine groups is 1. The number of halogens is 1. The fourth-order valence-corrected chi connectivity index (χ4v) is 3.73. The monoisotopic (exact) mass is 372 g/mol. The lowest BCUT2D eigenvalue weighted by Crippen LogP contribution is -2.43. The molecule has 0 N–H and O–H groups in total. The zero-order valence-corrected chi connectivity index (χ0v) is 14.5. The molecule has 2 aromatic heterocycles. The maximum Gasteiger partial charge on any atom is 0.177 e. The first-order valence-corrected chi connectivity index (χ1v) is 8.71. The van der Waals surface area contributed by atoms with Crippen LogP contribution >= 0.6 is 0 Å². The number of rotatable bonds is 2. The van der Waals surface area contributed by atoms with Crippen LogP contribution in [0.2, 0.25) is 0 Å². The second-order valence-electron chi connectivity index (χ2n) is 6.49. The lowest BCUT2D eigenvalue weighted by molar-refractivity contribution is 0.623. The van der Waals surface area contributed by atoms with E-state index in [1.165, 1.54) is 12.1 Å². The topological polar surface area (TPSA) is 67.4 Å². The number of para-hydroxylation sites is 1. The van der Waals surface area contributed by atoms with E-state index in [-0.39, 0.29) is 12.0 Å². The molecule has 136 valence electrons. The molecule has 9 heteroatoms. The van der Waals surface area contributed by atoms with Crippen LogP contribution in [0.25, 0.3) is 11.4 Å². The average molecular weight is 372 g/mol. The molecular formula is C19H13FN8. The predicted octanol–water partition coefficient (Wildman–Crippen LogP) is 2.87. The number of hydrogen-bond acceptors (Lipinski definition) is 6. The summed E-state index contributed by atoms with van der Waals surface area (Å²) in [6, 6.07) is 14.3. The first-order valence-electron chi connectivity index (χ1n) is 8.71. The smallest absolute Gasteiger partial charge is 0.177 e. The highest BCUT2D eigenvalue weighted by atomic mass is 19.1. The second kappa shape index (κ2) is 5.49. The maximum absolute atomic E-state index is 13.7. The van der Waals surface area contributed by atoms with E-state index >= 15 is 0 Å². The summed E-state index contributed by atoms with van der Waals surface area (Å²) >= 11 is 0. The van der Waals surface area contributed by atoms with Crippen LogP contribution in [0.3, 0.4) is 0 Å². The van der Waals surface area contributed by atoms with Crippen molar-refractivity contribution < 1.29 is 4.39 Å². The number of nitrogens with zero attached hydrogens (tertiary/aromatic N) is 8. The van der Waals surface area contributed by atoms with E-state index in [1.54, 1.807) is 41.9 Å². The molecule has 0 spiro atoms. The van der Waals surface area contributed by atoms with Crippen molar-refractivity contribution in [2.24, 2.45) is 4.99 Å². The Bertz CT molecular complexity index is 1230. The fraction of sp³-hybridized carbons (Fsp3) is 0.0526. The van der Waals surface area contributed by atoms with Crippen LogP contribution in [-0.4, -0.2) is 30.9 Å². The molecule has 6 rings (SSSR count). The molecule has 0 amide bonds. The number of anilines is 2. The minimum absolute atomic E-state index is 0.226. The minimum Gasteiger partial charge on any atom is -0.284 e. The largest absolute Gasteiger partial charge is 0.284 e. The van der Waals surface area contributed by atoms with E-state index in [1.807, 2.05) is 26.7 Å². The molecule has 0 saturated carbocycles. The fourth-order valence-electron chi connectivity index (χ4n) is 3.73. The lowest BCUT2D eigenvalue weighted by atomic mass is 10.1. The van der Waals surface area contributed by atoms with E-state index < -0.39 is 0 Å². The van der Waals surface area contributed by atoms with Crippen LogP contribution in [0, 0.1) is 5.82 Å². The standard InChI is InChI=1S/C19H13FN8/c20-13-4-3-5-14(8-13)27-18(10-23-24-27)26-12-22-19-15-6-1-2-7-16(15)25-11-21-9-17(25)28(19)26/h1-12,19H. The van der Waals surface area contributed by atoms with Crippen molar-refractivity contribution in [1.29, 1.82) is 0 Å². The molecule has 0 bridgehead atoms. The molecule has 1 unspecified atom stereocenters. The van der Waals surface area contributed by atoms with Gasteiger partial charge in [-0.2, -0.15) is 4.68 Å². The normalized spacial score (nSPS) is 16.8. The van der Waals surface area contributed by atoms with Crippen molar-refractivity contribution in [3.63, 3.8) is 0 Å². The first kappa shape index (κ1) is 15.1. The number of hydrogen-bond donors (Lipinski definition) is 0. The third-order valence-corrected chi connectivity index (χ3v) is 4.93. The summed E-state index contributed by atoms with van der Waals surface area (Å²) in [6.45, 7) is 0. The van der Waals surface area contributed by atoms with E-state index in [9.17, 15) is 4.39 Å². The van der Waals surface area contributed by atoms with Gasteiger partial charge in [-0.25, -0.2) is 24.4 Å². The van der Waals surface area contributed by atoms with Gasteiger partial charge in [0.1, 0.15) is 18.5 Å². The highest BCUT2D eigenvalue weighted by Crippen LogP contribution is 2.42. The van der Waals surface area contributed by atoms with E-state index in [4.69, 9.17) is 4.99 Å². The molecule has 0 radical (unpaired) electrons. The Kier molecular flexibility index (Phi) is 2.96. The van der Waals surface area contributed by atoms with Gasteiger partial charge in [0.25, 0.3) is 0 Å². The van der Waals surface area contributed by atoms with Gasteiger partial charge in [0.15, 0.2) is 17.8 Å². The molecule has 2 aliphatic rings. The molecule has 2 aromatic carbocycles. The zero-order valence-electron chi connectivity index (χ0n) is 14.5. The SMILES string of the molecule is Fc1cccc(-n2nncc2N2C=NC3c4ccccc4-n4cncc4N32)c1. The Morgan fingerprint density at radius 3 is 2.82 bits per heavy atom. The van der Waals surface area contributed by atoms with Gasteiger partial charge in [0.05, 0.1) is 23.8 Å². The zero-order chi connectivity index (χ0) is 18.7. The van der Waals surface area contributed by atoms with Crippen molar-refractivity contribution in [2.45, 2.75) is 6.17 Å². The second-order valence-corrected chi connectivity index (χ2v) is 6.49. The third kappa shape index (κ3) is 1.98. The van der Waals surface area contributed by atoms with Gasteiger partial charge < -0.3 is 0 Å². The van der Waals surface area contributed by atoms with Crippen molar-refractivity contribution in [3.8, 4) is 11.4 Å². The lowest BCUT2D eigenvalue weighted by Gasteiger charge is -2.37. The van der Waals surface area contributed by atoms with Gasteiger partial charge in [0, 0.05) is 5.56 Å². The van der Waals surface area contributed by atoms with Crippen molar-refractivity contribution in [3.05, 3.63) is 78.6 Å². The predicted molar refractivity (Wildman–Crippen MR) is 101 cm³/mol. The maximum atomic E-state index is 13.7. The van der Waals surface area contributed by atoms with Gasteiger partial charge in [0.2, 0.25) is 0 Å². The molecule has 0 saturated heterocycles. The summed E-state index contributed by atoms with van der Waals surface area (Å²) in [4.78, 5) is 9.03. The Balaban J connectivity index is 1.50. The van der Waals surface area contributed by atoms with Crippen molar-refractivity contribution in [1.82, 2.24) is 24.5 Å². The van der Waals surface area contributed by atoms with Gasteiger partial charge in [-0.15, -0.1) is 5.10 Å². The Hall–Kier alpha value is -4.01. The quantitative estimate of drug-likeness (QED) is 0.541. The average Bonchev–Trinajstić information content (AvgIpc) is 3.45. The van der Waals surface area contributed by atoms with Crippen LogP contribution in [0.15, 0.2) is 72.2 Å². The first-order chi connectivity index (χ1) is 13.8. The molecule has 0 fully saturated rings. The summed E-state index contributed by atoms with van der Waals surface area (Å²) < 4.78 is 17.3. The van der Waals surface area contributed by atoms with Gasteiger partial charge in [-0.1, -0.05) is 29.5 Å². The Morgan fingerprint density at radius 1 is 0.964 bits per heavy atom. The Labute approximate surface area is 158 Å². The molecule has 1 atom stereocenters. The summed E-state index contributed by atoms with van der Waals surface area (Å²) in [5.41, 5.74) is 2.69. The molecule has 8 nitrogen and oxygen atoms in total. The minimum atomic E-state index is -0.336. The van der Waals surface area contributed by atoms with Gasteiger partial charge >= 0.3 is 0 Å². The molecule has 4 aromatic rings. The summed E-state index contributed by atoms with van der Waals surface area (Å²) in [6.07, 6.45) is 6.71. The van der Waals surface area contributed by atoms with Crippen LogP contribution in [0.5, 0.6) is 0 Å². The Morgan fingerprint density at radius 2 is 1.89 bits per heavy atom. The molecule has 28 heavy (non-hydrogen) atoms. The van der Waals surface area contributed by atoms with Crippen LogP contribution in [0.1, 0.15) is 11.7 Å². The summed E-state index contributed by atoms with van der Waals surface area (Å²) in [7, 11) is 0. The molecule has 0 aliphatic carbocycles. The third-order valence-electron chi connectivity index (χ3n) is 4.93. The van der Waals surface area contributed by atoms with E-state index in [0.29, 0.717) is 11.5 Å². The highest BCUT2D eigenvalue weighted by Gasteiger charge is 2.39. The number of benzene rings is 2. The molecule has 4 heterocycles. The number of aromatic nitrogens is 5. The number of imidazole rings is 1. The molecule has 2 aliphatic heterocycles. The van der Waals surface area contributed by atoms with Crippen molar-refractivity contribution in [2.75, 3.05) is 10.0 Å². The van der Waals surface area contributed by atoms with Crippen LogP contribution in [-0.2, 0) is 0 Å². The number of fused-ring (bicyclic) bond motifs is 6. The van der Waals surface area contributed by atoms with E-state index in [2.05, 4.69) is 27.4 Å². The highest BCUT2D eigenvalue weighted by molar-refractivity contribution is 5.86. The van der Waals surface area contributed by atoms with Crippen LogP contribution in [0.4, 0.5) is 16.0 Å². The van der Waals surface area contributed by atoms with Crippen molar-refractivity contribution >= 4 is 18.0 Å². The van der Waals surface area contributed by atoms with E-state index in [0.717, 1.165) is 17.1 Å². The summed E-state index contributed by atoms with van der Waals surface area (Å²) in [5.74, 6) is 1.18.